The Bertz CT molecular complexity index is 451. The van der Waals surface area contributed by atoms with Crippen LogP contribution in [0.2, 0.25) is 0 Å². The molecule has 0 amide bonds. The van der Waals surface area contributed by atoms with Gasteiger partial charge in [-0.1, -0.05) is 0 Å². The molecule has 1 heterocycles. The second-order valence-electron chi connectivity index (χ2n) is 3.05. The summed E-state index contributed by atoms with van der Waals surface area (Å²) in [5.74, 6) is -1.64. The van der Waals surface area contributed by atoms with Crippen molar-refractivity contribution in [3.63, 3.8) is 0 Å². The number of hydrogen-bond acceptors (Lipinski definition) is 4. The van der Waals surface area contributed by atoms with Crippen molar-refractivity contribution in [2.45, 2.75) is 6.92 Å². The van der Waals surface area contributed by atoms with Crippen LogP contribution in [0.1, 0.15) is 21.7 Å². The molecule has 84 valence electrons. The molecule has 0 aliphatic rings. The summed E-state index contributed by atoms with van der Waals surface area (Å²) in [6, 6.07) is 3.04. The van der Waals surface area contributed by atoms with Crippen LogP contribution in [-0.2, 0) is 9.53 Å². The van der Waals surface area contributed by atoms with Crippen molar-refractivity contribution in [2.75, 3.05) is 7.11 Å². The fourth-order valence-electron chi connectivity index (χ4n) is 1.10. The number of aromatic nitrogens is 1. The lowest BCUT2D eigenvalue weighted by Crippen LogP contribution is -2.03. The van der Waals surface area contributed by atoms with E-state index in [4.69, 9.17) is 5.11 Å². The summed E-state index contributed by atoms with van der Waals surface area (Å²) in [4.78, 5) is 25.7. The smallest absolute Gasteiger partial charge is 0.337 e. The number of carboxylic acid groups (broad SMARTS) is 1. The number of ether oxygens (including phenoxy) is 1. The van der Waals surface area contributed by atoms with Gasteiger partial charge in [-0.3, -0.25) is 4.98 Å². The third-order valence-electron chi connectivity index (χ3n) is 1.87. The molecule has 0 saturated carbocycles. The molecule has 0 fully saturated rings. The molecule has 1 N–H and O–H groups in total. The number of carbonyl (C=O) groups excluding carboxylic acids is 1. The molecule has 16 heavy (non-hydrogen) atoms. The summed E-state index contributed by atoms with van der Waals surface area (Å²) >= 11 is 0. The molecule has 0 unspecified atom stereocenters. The lowest BCUT2D eigenvalue weighted by atomic mass is 10.1. The van der Waals surface area contributed by atoms with E-state index < -0.39 is 11.9 Å². The minimum absolute atomic E-state index is 0.0470. The monoisotopic (exact) mass is 221 g/mol. The number of rotatable bonds is 3. The highest BCUT2D eigenvalue weighted by molar-refractivity contribution is 5.93. The van der Waals surface area contributed by atoms with Crippen molar-refractivity contribution in [3.8, 4) is 0 Å². The second-order valence-corrected chi connectivity index (χ2v) is 3.05. The summed E-state index contributed by atoms with van der Waals surface area (Å²) in [5.41, 5.74) is 0.957. The lowest BCUT2D eigenvalue weighted by molar-refractivity contribution is -0.134. The van der Waals surface area contributed by atoms with Gasteiger partial charge in [0.1, 0.15) is 0 Å². The van der Waals surface area contributed by atoms with Crippen LogP contribution in [0.4, 0.5) is 0 Å². The zero-order valence-corrected chi connectivity index (χ0v) is 8.93. The molecule has 5 heteroatoms. The normalized spacial score (nSPS) is 10.4. The highest BCUT2D eigenvalue weighted by atomic mass is 16.5. The number of aryl methyl sites for hydroxylation is 1. The topological polar surface area (TPSA) is 76.5 Å². The third-order valence-corrected chi connectivity index (χ3v) is 1.87. The molecule has 0 aliphatic heterocycles. The molecule has 0 aromatic carbocycles. The van der Waals surface area contributed by atoms with Crippen LogP contribution in [-0.4, -0.2) is 29.1 Å². The first-order chi connectivity index (χ1) is 7.54. The van der Waals surface area contributed by atoms with Gasteiger partial charge in [0, 0.05) is 11.8 Å². The Morgan fingerprint density at radius 1 is 1.44 bits per heavy atom. The average Bonchev–Trinajstić information content (AvgIpc) is 2.25. The highest BCUT2D eigenvalue weighted by Gasteiger charge is 2.09. The molecule has 1 aromatic heterocycles. The number of nitrogens with zero attached hydrogens (tertiary/aromatic N) is 1. The molecular weight excluding hydrogens is 210 g/mol. The van der Waals surface area contributed by atoms with Crippen LogP contribution in [0.5, 0.6) is 0 Å². The fraction of sp³-hybridized carbons (Fsp3) is 0.182. The van der Waals surface area contributed by atoms with Crippen LogP contribution >= 0.6 is 0 Å². The number of carbonyl (C=O) groups is 2. The maximum Gasteiger partial charge on any atom is 0.337 e. The van der Waals surface area contributed by atoms with E-state index in [0.717, 1.165) is 6.08 Å². The molecular formula is C11H11NO4. The Labute approximate surface area is 92.4 Å². The largest absolute Gasteiger partial charge is 0.478 e. The van der Waals surface area contributed by atoms with Crippen molar-refractivity contribution in [3.05, 3.63) is 35.2 Å². The third kappa shape index (κ3) is 2.91. The van der Waals surface area contributed by atoms with E-state index in [-0.39, 0.29) is 11.3 Å². The SMILES string of the molecule is COC(=O)/C=C/c1nc(C)ccc1C(=O)O. The minimum atomic E-state index is -1.09. The molecule has 5 nitrogen and oxygen atoms in total. The van der Waals surface area contributed by atoms with Gasteiger partial charge in [-0.15, -0.1) is 0 Å². The van der Waals surface area contributed by atoms with E-state index in [1.54, 1.807) is 13.0 Å². The van der Waals surface area contributed by atoms with Crippen molar-refractivity contribution < 1.29 is 19.4 Å². The molecule has 0 spiro atoms. The van der Waals surface area contributed by atoms with Gasteiger partial charge in [-0.05, 0) is 25.1 Å². The van der Waals surface area contributed by atoms with E-state index in [0.29, 0.717) is 5.69 Å². The summed E-state index contributed by atoms with van der Waals surface area (Å²) in [6.45, 7) is 1.74. The quantitative estimate of drug-likeness (QED) is 0.614. The molecule has 0 aliphatic carbocycles. The van der Waals surface area contributed by atoms with Crippen LogP contribution in [0.3, 0.4) is 0 Å². The fourth-order valence-corrected chi connectivity index (χ4v) is 1.10. The van der Waals surface area contributed by atoms with Gasteiger partial charge in [-0.25, -0.2) is 9.59 Å². The van der Waals surface area contributed by atoms with Crippen molar-refractivity contribution in [1.82, 2.24) is 4.98 Å². The Kier molecular flexibility index (Phi) is 3.77. The number of hydrogen-bond donors (Lipinski definition) is 1. The summed E-state index contributed by atoms with van der Waals surface area (Å²) in [7, 11) is 1.24. The van der Waals surface area contributed by atoms with Crippen molar-refractivity contribution in [2.24, 2.45) is 0 Å². The number of esters is 1. The van der Waals surface area contributed by atoms with E-state index >= 15 is 0 Å². The number of carboxylic acids is 1. The van der Waals surface area contributed by atoms with Crippen molar-refractivity contribution >= 4 is 18.0 Å². The molecule has 0 saturated heterocycles. The highest BCUT2D eigenvalue weighted by Crippen LogP contribution is 2.09. The number of pyridine rings is 1. The average molecular weight is 221 g/mol. The number of aromatic carboxylic acids is 1. The summed E-state index contributed by atoms with van der Waals surface area (Å²) in [6.07, 6.45) is 2.45. The predicted molar refractivity (Wildman–Crippen MR) is 57.0 cm³/mol. The lowest BCUT2D eigenvalue weighted by Gasteiger charge is -2.01. The van der Waals surface area contributed by atoms with Gasteiger partial charge in [0.05, 0.1) is 18.4 Å². The minimum Gasteiger partial charge on any atom is -0.478 e. The van der Waals surface area contributed by atoms with Crippen molar-refractivity contribution in [1.29, 1.82) is 0 Å². The van der Waals surface area contributed by atoms with Gasteiger partial charge >= 0.3 is 11.9 Å². The Morgan fingerprint density at radius 3 is 2.69 bits per heavy atom. The van der Waals surface area contributed by atoms with Gasteiger partial charge < -0.3 is 9.84 Å². The maximum absolute atomic E-state index is 10.9. The van der Waals surface area contributed by atoms with Crippen LogP contribution in [0.15, 0.2) is 18.2 Å². The summed E-state index contributed by atoms with van der Waals surface area (Å²) < 4.78 is 4.40. The predicted octanol–water partition coefficient (Wildman–Crippen LogP) is 1.27. The van der Waals surface area contributed by atoms with Gasteiger partial charge in [0.15, 0.2) is 0 Å². The van der Waals surface area contributed by atoms with Gasteiger partial charge in [0.2, 0.25) is 0 Å². The Morgan fingerprint density at radius 2 is 2.12 bits per heavy atom. The zero-order valence-electron chi connectivity index (χ0n) is 8.93. The van der Waals surface area contributed by atoms with Crippen LogP contribution < -0.4 is 0 Å². The number of methoxy groups -OCH3 is 1. The Hall–Kier alpha value is -2.17. The first-order valence-corrected chi connectivity index (χ1v) is 4.51. The molecule has 0 bridgehead atoms. The summed E-state index contributed by atoms with van der Waals surface area (Å²) in [5, 5.41) is 8.89. The molecule has 0 radical (unpaired) electrons. The first kappa shape index (κ1) is 11.9. The first-order valence-electron chi connectivity index (χ1n) is 4.51. The Balaban J connectivity index is 3.10. The van der Waals surface area contributed by atoms with Gasteiger partial charge in [-0.2, -0.15) is 0 Å². The van der Waals surface area contributed by atoms with E-state index in [9.17, 15) is 9.59 Å². The van der Waals surface area contributed by atoms with E-state index in [1.165, 1.54) is 19.3 Å². The molecule has 1 aromatic rings. The molecule has 0 atom stereocenters. The van der Waals surface area contributed by atoms with Crippen LogP contribution in [0, 0.1) is 6.92 Å². The maximum atomic E-state index is 10.9. The van der Waals surface area contributed by atoms with E-state index in [2.05, 4.69) is 9.72 Å². The standard InChI is InChI=1S/C11H11NO4/c1-7-3-4-8(11(14)15)9(12-7)5-6-10(13)16-2/h3-6H,1-2H3,(H,14,15)/b6-5+. The van der Waals surface area contributed by atoms with E-state index in [1.807, 2.05) is 0 Å². The van der Waals surface area contributed by atoms with Crippen LogP contribution in [0.25, 0.3) is 6.08 Å². The second kappa shape index (κ2) is 5.06. The zero-order chi connectivity index (χ0) is 12.1. The van der Waals surface area contributed by atoms with Gasteiger partial charge in [0.25, 0.3) is 0 Å². The molecule has 1 rings (SSSR count).